The average Bonchev–Trinajstić information content (AvgIpc) is 2.54. The average molecular weight is 364 g/mol. The maximum atomic E-state index is 13.8. The van der Waals surface area contributed by atoms with Crippen molar-refractivity contribution < 1.29 is 9.18 Å². The minimum Gasteiger partial charge on any atom is -0.339 e. The molecule has 0 aromatic heterocycles. The maximum Gasteiger partial charge on any atom is 0.223 e. The van der Waals surface area contributed by atoms with Crippen molar-refractivity contribution in [2.45, 2.75) is 26.3 Å². The van der Waals surface area contributed by atoms with Crippen LogP contribution >= 0.6 is 15.9 Å². The van der Waals surface area contributed by atoms with Crippen LogP contribution in [0.2, 0.25) is 0 Å². The Kier molecular flexibility index (Phi) is 6.13. The molecule has 0 spiro atoms. The maximum absolute atomic E-state index is 13.8. The van der Waals surface area contributed by atoms with Crippen LogP contribution < -0.4 is 0 Å². The van der Waals surface area contributed by atoms with Crippen LogP contribution in [-0.2, 0) is 17.8 Å². The highest BCUT2D eigenvalue weighted by molar-refractivity contribution is 9.10. The molecule has 0 saturated carbocycles. The van der Waals surface area contributed by atoms with E-state index in [9.17, 15) is 9.18 Å². The molecule has 116 valence electrons. The SMILES string of the molecule is CCN(Cc1cc(Br)ccc1F)C(=O)CCc1ccccc1. The molecule has 0 saturated heterocycles. The Hall–Kier alpha value is -1.68. The van der Waals surface area contributed by atoms with E-state index in [4.69, 9.17) is 0 Å². The molecule has 0 heterocycles. The van der Waals surface area contributed by atoms with Gasteiger partial charge >= 0.3 is 0 Å². The molecule has 0 fully saturated rings. The number of carbonyl (C=O) groups excluding carboxylic acids is 1. The summed E-state index contributed by atoms with van der Waals surface area (Å²) in [7, 11) is 0. The van der Waals surface area contributed by atoms with Crippen molar-refractivity contribution in [3.05, 3.63) is 69.9 Å². The first kappa shape index (κ1) is 16.7. The lowest BCUT2D eigenvalue weighted by Crippen LogP contribution is -2.30. The molecule has 22 heavy (non-hydrogen) atoms. The summed E-state index contributed by atoms with van der Waals surface area (Å²) < 4.78 is 14.6. The van der Waals surface area contributed by atoms with E-state index in [0.717, 1.165) is 10.0 Å². The zero-order chi connectivity index (χ0) is 15.9. The minimum absolute atomic E-state index is 0.0470. The van der Waals surface area contributed by atoms with E-state index in [1.165, 1.54) is 6.07 Å². The molecule has 0 unspecified atom stereocenters. The topological polar surface area (TPSA) is 20.3 Å². The summed E-state index contributed by atoms with van der Waals surface area (Å²) in [5, 5.41) is 0. The van der Waals surface area contributed by atoms with Crippen LogP contribution in [0.1, 0.15) is 24.5 Å². The molecular weight excluding hydrogens is 345 g/mol. The van der Waals surface area contributed by atoms with Crippen LogP contribution in [0, 0.1) is 5.82 Å². The van der Waals surface area contributed by atoms with Gasteiger partial charge in [-0.25, -0.2) is 4.39 Å². The second-order valence-electron chi connectivity index (χ2n) is 5.13. The zero-order valence-corrected chi connectivity index (χ0v) is 14.1. The van der Waals surface area contributed by atoms with E-state index >= 15 is 0 Å². The van der Waals surface area contributed by atoms with Crippen LogP contribution in [0.15, 0.2) is 53.0 Å². The van der Waals surface area contributed by atoms with Gasteiger partial charge in [-0.1, -0.05) is 46.3 Å². The highest BCUT2D eigenvalue weighted by Crippen LogP contribution is 2.18. The molecule has 0 bridgehead atoms. The Morgan fingerprint density at radius 3 is 2.59 bits per heavy atom. The lowest BCUT2D eigenvalue weighted by Gasteiger charge is -2.21. The molecular formula is C18H19BrFNO. The largest absolute Gasteiger partial charge is 0.339 e. The second-order valence-corrected chi connectivity index (χ2v) is 6.04. The summed E-state index contributed by atoms with van der Waals surface area (Å²) in [6, 6.07) is 14.7. The van der Waals surface area contributed by atoms with Crippen molar-refractivity contribution in [3.8, 4) is 0 Å². The molecule has 2 rings (SSSR count). The van der Waals surface area contributed by atoms with Gasteiger partial charge in [0.1, 0.15) is 5.82 Å². The van der Waals surface area contributed by atoms with E-state index in [-0.39, 0.29) is 11.7 Å². The first-order valence-corrected chi connectivity index (χ1v) is 8.15. The Morgan fingerprint density at radius 1 is 1.18 bits per heavy atom. The molecule has 0 aliphatic heterocycles. The Bertz CT molecular complexity index is 630. The fourth-order valence-electron chi connectivity index (χ4n) is 2.30. The van der Waals surface area contributed by atoms with Crippen molar-refractivity contribution >= 4 is 21.8 Å². The standard InChI is InChI=1S/C18H19BrFNO/c1-2-21(13-15-12-16(19)9-10-17(15)20)18(22)11-8-14-6-4-3-5-7-14/h3-7,9-10,12H,2,8,11,13H2,1H3. The van der Waals surface area contributed by atoms with Crippen LogP contribution in [0.3, 0.4) is 0 Å². The summed E-state index contributed by atoms with van der Waals surface area (Å²) in [5.41, 5.74) is 1.67. The van der Waals surface area contributed by atoms with Gasteiger partial charge in [0, 0.05) is 29.5 Å². The highest BCUT2D eigenvalue weighted by Gasteiger charge is 2.14. The van der Waals surface area contributed by atoms with Gasteiger partial charge in [-0.2, -0.15) is 0 Å². The van der Waals surface area contributed by atoms with Crippen LogP contribution in [-0.4, -0.2) is 17.4 Å². The van der Waals surface area contributed by atoms with E-state index in [2.05, 4.69) is 15.9 Å². The summed E-state index contributed by atoms with van der Waals surface area (Å²) in [6.07, 6.45) is 1.14. The quantitative estimate of drug-likeness (QED) is 0.735. The van der Waals surface area contributed by atoms with Crippen LogP contribution in [0.5, 0.6) is 0 Å². The fourth-order valence-corrected chi connectivity index (χ4v) is 2.71. The lowest BCUT2D eigenvalue weighted by molar-refractivity contribution is -0.131. The van der Waals surface area contributed by atoms with Gasteiger partial charge in [0.15, 0.2) is 0 Å². The third-order valence-corrected chi connectivity index (χ3v) is 4.07. The van der Waals surface area contributed by atoms with Gasteiger partial charge in [0.05, 0.1) is 0 Å². The number of benzene rings is 2. The second kappa shape index (κ2) is 8.08. The van der Waals surface area contributed by atoms with Gasteiger partial charge in [-0.15, -0.1) is 0 Å². The van der Waals surface area contributed by atoms with Crippen LogP contribution in [0.25, 0.3) is 0 Å². The monoisotopic (exact) mass is 363 g/mol. The number of carbonyl (C=O) groups is 1. The molecule has 0 N–H and O–H groups in total. The summed E-state index contributed by atoms with van der Waals surface area (Å²) in [6.45, 7) is 2.78. The first-order valence-electron chi connectivity index (χ1n) is 7.35. The van der Waals surface area contributed by atoms with Gasteiger partial charge < -0.3 is 4.90 Å². The number of aryl methyl sites for hydroxylation is 1. The highest BCUT2D eigenvalue weighted by atomic mass is 79.9. The minimum atomic E-state index is -0.280. The van der Waals surface area contributed by atoms with Gasteiger partial charge in [0.25, 0.3) is 0 Å². The Balaban J connectivity index is 1.98. The Morgan fingerprint density at radius 2 is 1.91 bits per heavy atom. The lowest BCUT2D eigenvalue weighted by atomic mass is 10.1. The molecule has 1 amide bonds. The van der Waals surface area contributed by atoms with Crippen molar-refractivity contribution in [3.63, 3.8) is 0 Å². The zero-order valence-electron chi connectivity index (χ0n) is 12.6. The molecule has 0 radical (unpaired) electrons. The normalized spacial score (nSPS) is 10.5. The Labute approximate surface area is 139 Å². The van der Waals surface area contributed by atoms with Crippen molar-refractivity contribution in [2.75, 3.05) is 6.54 Å². The van der Waals surface area contributed by atoms with Crippen molar-refractivity contribution in [1.82, 2.24) is 4.90 Å². The third-order valence-electron chi connectivity index (χ3n) is 3.57. The number of halogens is 2. The number of rotatable bonds is 6. The van der Waals surface area contributed by atoms with E-state index in [1.54, 1.807) is 17.0 Å². The molecule has 2 aromatic carbocycles. The molecule has 0 atom stereocenters. The first-order chi connectivity index (χ1) is 10.6. The number of hydrogen-bond acceptors (Lipinski definition) is 1. The number of nitrogens with zero attached hydrogens (tertiary/aromatic N) is 1. The van der Waals surface area contributed by atoms with Crippen molar-refractivity contribution in [1.29, 1.82) is 0 Å². The molecule has 0 aliphatic carbocycles. The molecule has 0 aliphatic rings. The summed E-state index contributed by atoms with van der Waals surface area (Å²) >= 11 is 3.34. The van der Waals surface area contributed by atoms with Gasteiger partial charge in [0.2, 0.25) is 5.91 Å². The van der Waals surface area contributed by atoms with E-state index in [0.29, 0.717) is 31.5 Å². The molecule has 4 heteroatoms. The third kappa shape index (κ3) is 4.67. The van der Waals surface area contributed by atoms with Crippen molar-refractivity contribution in [2.24, 2.45) is 0 Å². The van der Waals surface area contributed by atoms with E-state index < -0.39 is 0 Å². The van der Waals surface area contributed by atoms with Gasteiger partial charge in [-0.3, -0.25) is 4.79 Å². The number of hydrogen-bond donors (Lipinski definition) is 0. The smallest absolute Gasteiger partial charge is 0.223 e. The number of amides is 1. The molecule has 2 nitrogen and oxygen atoms in total. The molecule has 2 aromatic rings. The predicted molar refractivity (Wildman–Crippen MR) is 90.0 cm³/mol. The summed E-state index contributed by atoms with van der Waals surface area (Å²) in [5.74, 6) is -0.233. The fraction of sp³-hybridized carbons (Fsp3) is 0.278. The van der Waals surface area contributed by atoms with Gasteiger partial charge in [-0.05, 0) is 37.1 Å². The summed E-state index contributed by atoms with van der Waals surface area (Å²) in [4.78, 5) is 14.0. The van der Waals surface area contributed by atoms with Crippen LogP contribution in [0.4, 0.5) is 4.39 Å². The van der Waals surface area contributed by atoms with E-state index in [1.807, 2.05) is 37.3 Å². The predicted octanol–water partition coefficient (Wildman–Crippen LogP) is 4.57.